The highest BCUT2D eigenvalue weighted by molar-refractivity contribution is 5.71. The summed E-state index contributed by atoms with van der Waals surface area (Å²) in [6.45, 7) is 2.81. The van der Waals surface area contributed by atoms with Crippen molar-refractivity contribution in [2.24, 2.45) is 5.92 Å². The van der Waals surface area contributed by atoms with Crippen molar-refractivity contribution in [3.05, 3.63) is 24.3 Å². The fourth-order valence-corrected chi connectivity index (χ4v) is 2.81. The molecule has 20 heavy (non-hydrogen) atoms. The van der Waals surface area contributed by atoms with Gasteiger partial charge in [0.25, 0.3) is 0 Å². The summed E-state index contributed by atoms with van der Waals surface area (Å²) >= 11 is 0. The molecule has 5 heteroatoms. The molecular formula is C15H21NO4. The number of methoxy groups -OCH3 is 2. The lowest BCUT2D eigenvalue weighted by Gasteiger charge is -2.27. The summed E-state index contributed by atoms with van der Waals surface area (Å²) in [6, 6.07) is 7.04. The first-order chi connectivity index (χ1) is 9.56. The zero-order chi connectivity index (χ0) is 14.7. The van der Waals surface area contributed by atoms with Gasteiger partial charge in [-0.3, -0.25) is 4.79 Å². The molecule has 2 rings (SSSR count). The average Bonchev–Trinajstić information content (AvgIpc) is 2.76. The van der Waals surface area contributed by atoms with Gasteiger partial charge < -0.3 is 19.5 Å². The Labute approximate surface area is 119 Å². The van der Waals surface area contributed by atoms with Crippen LogP contribution in [0.4, 0.5) is 5.69 Å². The third kappa shape index (κ3) is 2.88. The van der Waals surface area contributed by atoms with Crippen LogP contribution in [-0.2, 0) is 14.3 Å². The van der Waals surface area contributed by atoms with E-state index in [1.54, 1.807) is 19.2 Å². The molecule has 0 bridgehead atoms. The Kier molecular flexibility index (Phi) is 4.49. The number of aromatic hydroxyl groups is 1. The van der Waals surface area contributed by atoms with Gasteiger partial charge in [-0.1, -0.05) is 6.92 Å². The first-order valence-electron chi connectivity index (χ1n) is 6.72. The highest BCUT2D eigenvalue weighted by Gasteiger charge is 2.40. The Bertz CT molecular complexity index is 459. The van der Waals surface area contributed by atoms with Crippen LogP contribution in [0.3, 0.4) is 0 Å². The number of esters is 1. The molecule has 1 N–H and O–H groups in total. The molecule has 0 saturated carbocycles. The highest BCUT2D eigenvalue weighted by Crippen LogP contribution is 2.33. The molecule has 0 radical (unpaired) electrons. The number of phenolic OH excluding ortho intramolecular Hbond substituents is 1. The average molecular weight is 279 g/mol. The smallest absolute Gasteiger partial charge is 0.307 e. The number of hydrogen-bond donors (Lipinski definition) is 1. The largest absolute Gasteiger partial charge is 0.508 e. The second kappa shape index (κ2) is 6.13. The van der Waals surface area contributed by atoms with Crippen LogP contribution in [0, 0.1) is 5.92 Å². The lowest BCUT2D eigenvalue weighted by atomic mass is 9.97. The van der Waals surface area contributed by atoms with Gasteiger partial charge in [-0.2, -0.15) is 0 Å². The maximum Gasteiger partial charge on any atom is 0.307 e. The summed E-state index contributed by atoms with van der Waals surface area (Å²) in [5.41, 5.74) is 0.975. The van der Waals surface area contributed by atoms with E-state index in [1.165, 1.54) is 7.11 Å². The number of rotatable bonds is 4. The zero-order valence-electron chi connectivity index (χ0n) is 12.1. The van der Waals surface area contributed by atoms with Crippen LogP contribution >= 0.6 is 0 Å². The van der Waals surface area contributed by atoms with Crippen molar-refractivity contribution in [3.8, 4) is 5.75 Å². The van der Waals surface area contributed by atoms with E-state index >= 15 is 0 Å². The van der Waals surface area contributed by atoms with E-state index in [9.17, 15) is 9.90 Å². The molecule has 0 amide bonds. The van der Waals surface area contributed by atoms with E-state index in [0.29, 0.717) is 6.42 Å². The van der Waals surface area contributed by atoms with Crippen LogP contribution in [0.5, 0.6) is 5.75 Å². The minimum absolute atomic E-state index is 0.0388. The normalized spacial score (nSPS) is 25.8. The fraction of sp³-hybridized carbons (Fsp3) is 0.533. The number of carbonyl (C=O) groups is 1. The van der Waals surface area contributed by atoms with Crippen molar-refractivity contribution < 1.29 is 19.4 Å². The van der Waals surface area contributed by atoms with E-state index in [4.69, 9.17) is 9.47 Å². The molecule has 1 fully saturated rings. The molecule has 110 valence electrons. The van der Waals surface area contributed by atoms with Crippen LogP contribution in [0.2, 0.25) is 0 Å². The summed E-state index contributed by atoms with van der Waals surface area (Å²) in [5, 5.41) is 9.38. The van der Waals surface area contributed by atoms with Crippen LogP contribution < -0.4 is 4.90 Å². The van der Waals surface area contributed by atoms with E-state index < -0.39 is 0 Å². The molecule has 5 nitrogen and oxygen atoms in total. The first-order valence-corrected chi connectivity index (χ1v) is 6.72. The maximum atomic E-state index is 11.6. The van der Waals surface area contributed by atoms with E-state index in [-0.39, 0.29) is 29.8 Å². The second-order valence-electron chi connectivity index (χ2n) is 5.15. The van der Waals surface area contributed by atoms with Crippen LogP contribution in [0.1, 0.15) is 13.3 Å². The SMILES string of the molecule is COC(=O)C[C@H]1[C@H](C)[C@@H](OC)CN1c1ccc(O)cc1. The van der Waals surface area contributed by atoms with Gasteiger partial charge in [0.05, 0.1) is 19.6 Å². The molecule has 3 atom stereocenters. The Balaban J connectivity index is 2.23. The Morgan fingerprint density at radius 3 is 2.55 bits per heavy atom. The number of hydrogen-bond acceptors (Lipinski definition) is 5. The molecule has 0 spiro atoms. The van der Waals surface area contributed by atoms with Gasteiger partial charge in [-0.15, -0.1) is 0 Å². The van der Waals surface area contributed by atoms with Crippen molar-refractivity contribution in [1.29, 1.82) is 0 Å². The minimum atomic E-state index is -0.220. The van der Waals surface area contributed by atoms with Gasteiger partial charge in [0.2, 0.25) is 0 Å². The van der Waals surface area contributed by atoms with E-state index in [2.05, 4.69) is 11.8 Å². The lowest BCUT2D eigenvalue weighted by molar-refractivity contribution is -0.141. The summed E-state index contributed by atoms with van der Waals surface area (Å²) < 4.78 is 10.3. The number of benzene rings is 1. The van der Waals surface area contributed by atoms with Gasteiger partial charge in [0.15, 0.2) is 0 Å². The van der Waals surface area contributed by atoms with Crippen molar-refractivity contribution in [1.82, 2.24) is 0 Å². The van der Waals surface area contributed by atoms with E-state index in [1.807, 2.05) is 12.1 Å². The molecule has 0 aliphatic carbocycles. The van der Waals surface area contributed by atoms with E-state index in [0.717, 1.165) is 12.2 Å². The van der Waals surface area contributed by atoms with Crippen molar-refractivity contribution in [2.75, 3.05) is 25.7 Å². The van der Waals surface area contributed by atoms with Crippen LogP contribution in [-0.4, -0.2) is 44.0 Å². The van der Waals surface area contributed by atoms with Gasteiger partial charge in [-0.05, 0) is 24.3 Å². The van der Waals surface area contributed by atoms with Gasteiger partial charge in [0.1, 0.15) is 5.75 Å². The Hall–Kier alpha value is -1.75. The summed E-state index contributed by atoms with van der Waals surface area (Å²) in [6.07, 6.45) is 0.414. The molecule has 1 aliphatic heterocycles. The number of phenols is 1. The number of anilines is 1. The highest BCUT2D eigenvalue weighted by atomic mass is 16.5. The summed E-state index contributed by atoms with van der Waals surface area (Å²) in [5.74, 6) is 0.240. The van der Waals surface area contributed by atoms with Crippen molar-refractivity contribution in [3.63, 3.8) is 0 Å². The molecule has 1 aliphatic rings. The standard InChI is InChI=1S/C15H21NO4/c1-10-13(8-15(18)20-3)16(9-14(10)19-2)11-4-6-12(17)7-5-11/h4-7,10,13-14,17H,8-9H2,1-3H3/t10-,13-,14-/m0/s1. The quantitative estimate of drug-likeness (QED) is 0.852. The maximum absolute atomic E-state index is 11.6. The minimum Gasteiger partial charge on any atom is -0.508 e. The molecular weight excluding hydrogens is 258 g/mol. The molecule has 1 saturated heterocycles. The monoisotopic (exact) mass is 279 g/mol. The molecule has 1 heterocycles. The first kappa shape index (κ1) is 14.7. The van der Waals surface area contributed by atoms with Crippen molar-refractivity contribution in [2.45, 2.75) is 25.5 Å². The zero-order valence-corrected chi connectivity index (χ0v) is 12.1. The van der Waals surface area contributed by atoms with Gasteiger partial charge in [0, 0.05) is 31.3 Å². The Morgan fingerprint density at radius 2 is 2.00 bits per heavy atom. The number of nitrogens with zero attached hydrogens (tertiary/aromatic N) is 1. The fourth-order valence-electron chi connectivity index (χ4n) is 2.81. The molecule has 1 aromatic carbocycles. The van der Waals surface area contributed by atoms with Gasteiger partial charge >= 0.3 is 5.97 Å². The molecule has 0 aromatic heterocycles. The lowest BCUT2D eigenvalue weighted by Crippen LogP contribution is -2.34. The molecule has 1 aromatic rings. The predicted molar refractivity (Wildman–Crippen MR) is 75.8 cm³/mol. The number of carbonyl (C=O) groups excluding carboxylic acids is 1. The van der Waals surface area contributed by atoms with Crippen LogP contribution in [0.15, 0.2) is 24.3 Å². The molecule has 0 unspecified atom stereocenters. The topological polar surface area (TPSA) is 59.0 Å². The third-order valence-corrected chi connectivity index (χ3v) is 4.06. The predicted octanol–water partition coefficient (Wildman–Crippen LogP) is 1.79. The summed E-state index contributed by atoms with van der Waals surface area (Å²) in [7, 11) is 3.09. The number of ether oxygens (including phenoxy) is 2. The summed E-state index contributed by atoms with van der Waals surface area (Å²) in [4.78, 5) is 13.8. The van der Waals surface area contributed by atoms with Gasteiger partial charge in [-0.25, -0.2) is 0 Å². The van der Waals surface area contributed by atoms with Crippen molar-refractivity contribution >= 4 is 11.7 Å². The van der Waals surface area contributed by atoms with Crippen LogP contribution in [0.25, 0.3) is 0 Å². The second-order valence-corrected chi connectivity index (χ2v) is 5.15. The Morgan fingerprint density at radius 1 is 1.35 bits per heavy atom. The third-order valence-electron chi connectivity index (χ3n) is 4.06.